The van der Waals surface area contributed by atoms with Gasteiger partial charge in [0, 0.05) is 17.5 Å². The summed E-state index contributed by atoms with van der Waals surface area (Å²) in [6.45, 7) is 0.219. The van der Waals surface area contributed by atoms with Crippen LogP contribution in [0.4, 0.5) is 29.3 Å². The average molecular weight is 581 g/mol. The Hall–Kier alpha value is -3.78. The van der Waals surface area contributed by atoms with Gasteiger partial charge < -0.3 is 25.4 Å². The van der Waals surface area contributed by atoms with Gasteiger partial charge >= 0.3 is 12.3 Å². The maximum atomic E-state index is 13.4. The normalized spacial score (nSPS) is 17.2. The van der Waals surface area contributed by atoms with E-state index < -0.39 is 29.3 Å². The van der Waals surface area contributed by atoms with Gasteiger partial charge in [0.15, 0.2) is 5.75 Å². The number of carbonyl (C=O) groups excluding carboxylic acids is 2. The van der Waals surface area contributed by atoms with Crippen LogP contribution in [0.3, 0.4) is 0 Å². The van der Waals surface area contributed by atoms with Crippen LogP contribution in [0.25, 0.3) is 0 Å². The largest absolute Gasteiger partial charge is 0.418 e. The number of aromatic nitrogens is 3. The van der Waals surface area contributed by atoms with E-state index in [0.29, 0.717) is 15.9 Å². The van der Waals surface area contributed by atoms with Crippen molar-refractivity contribution in [1.29, 1.82) is 0 Å². The average Bonchev–Trinajstić information content (AvgIpc) is 3.34. The monoisotopic (exact) mass is 580 g/mol. The molecule has 3 heterocycles. The molecule has 194 valence electrons. The molecule has 0 spiro atoms. The van der Waals surface area contributed by atoms with Crippen LogP contribution >= 0.6 is 15.9 Å². The summed E-state index contributed by atoms with van der Waals surface area (Å²) in [7, 11) is 0. The topological polar surface area (TPSA) is 127 Å². The number of ether oxygens (including phenoxy) is 2. The van der Waals surface area contributed by atoms with Gasteiger partial charge in [-0.1, -0.05) is 15.9 Å². The van der Waals surface area contributed by atoms with E-state index in [9.17, 15) is 22.8 Å². The molecule has 0 bridgehead atoms. The van der Waals surface area contributed by atoms with Crippen LogP contribution in [-0.4, -0.2) is 45.7 Å². The van der Waals surface area contributed by atoms with Crippen molar-refractivity contribution in [3.8, 4) is 5.75 Å². The molecule has 0 radical (unpaired) electrons. The van der Waals surface area contributed by atoms with Crippen molar-refractivity contribution in [2.45, 2.75) is 24.7 Å². The Morgan fingerprint density at radius 3 is 2.57 bits per heavy atom. The zero-order valence-electron chi connectivity index (χ0n) is 19.0. The molecule has 0 saturated carbocycles. The molecule has 3 aromatic rings. The molecule has 0 unspecified atom stereocenters. The third kappa shape index (κ3) is 6.71. The molecule has 4 rings (SSSR count). The summed E-state index contributed by atoms with van der Waals surface area (Å²) in [5, 5.41) is 7.97. The van der Waals surface area contributed by atoms with E-state index >= 15 is 0 Å². The van der Waals surface area contributed by atoms with E-state index in [1.54, 1.807) is 12.1 Å². The Kier molecular flexibility index (Phi) is 7.88. The van der Waals surface area contributed by atoms with Crippen LogP contribution < -0.4 is 20.7 Å². The molecular formula is C23H20BrF3N6O4. The minimum Gasteiger partial charge on any atom is -0.407 e. The highest BCUT2D eigenvalue weighted by Gasteiger charge is 2.44. The molecule has 2 aromatic heterocycles. The second-order valence-electron chi connectivity index (χ2n) is 8.01. The third-order valence-electron chi connectivity index (χ3n) is 5.37. The molecule has 3 N–H and O–H groups in total. The standard InChI is InChI=1S/C23H20BrF3N6O4/c24-14-1-4-19(18(7-14)23(25,26)27)32-16-3-2-15(30-9-16)8-31-20(34)22(5-6-36-12-22)33-21(35)37-17-10-28-13-29-11-17/h1-4,7,9-11,13,32H,5-6,8,12H2,(H,31,34)(H,33,35)/t22-/m0/s1. The number of rotatable bonds is 7. The summed E-state index contributed by atoms with van der Waals surface area (Å²) in [6.07, 6.45) is 0.0563. The van der Waals surface area contributed by atoms with Gasteiger partial charge in [-0.15, -0.1) is 0 Å². The van der Waals surface area contributed by atoms with Crippen LogP contribution in [0.15, 0.2) is 59.7 Å². The summed E-state index contributed by atoms with van der Waals surface area (Å²) >= 11 is 3.05. The van der Waals surface area contributed by atoms with Gasteiger partial charge in [-0.25, -0.2) is 14.8 Å². The SMILES string of the molecule is O=C(N[C@@]1(C(=O)NCc2ccc(Nc3ccc(Br)cc3C(F)(F)F)cn2)CCOC1)Oc1cncnc1. The molecule has 1 aliphatic rings. The van der Waals surface area contributed by atoms with E-state index in [1.807, 2.05) is 0 Å². The van der Waals surface area contributed by atoms with Crippen LogP contribution in [0.5, 0.6) is 5.75 Å². The van der Waals surface area contributed by atoms with Crippen LogP contribution in [0.2, 0.25) is 0 Å². The number of benzene rings is 1. The molecule has 1 saturated heterocycles. The first-order valence-corrected chi connectivity index (χ1v) is 11.6. The molecule has 37 heavy (non-hydrogen) atoms. The van der Waals surface area contributed by atoms with Gasteiger partial charge in [0.1, 0.15) is 11.9 Å². The maximum Gasteiger partial charge on any atom is 0.418 e. The Morgan fingerprint density at radius 2 is 1.92 bits per heavy atom. The van der Waals surface area contributed by atoms with Gasteiger partial charge in [0.2, 0.25) is 5.91 Å². The highest BCUT2D eigenvalue weighted by Crippen LogP contribution is 2.37. The van der Waals surface area contributed by atoms with E-state index in [2.05, 4.69) is 46.8 Å². The fraction of sp³-hybridized carbons (Fsp3) is 0.261. The van der Waals surface area contributed by atoms with E-state index in [4.69, 9.17) is 9.47 Å². The summed E-state index contributed by atoms with van der Waals surface area (Å²) < 4.78 is 50.8. The molecule has 0 aliphatic carbocycles. The summed E-state index contributed by atoms with van der Waals surface area (Å²) in [5.41, 5.74) is -1.51. The lowest BCUT2D eigenvalue weighted by molar-refractivity contribution is -0.137. The van der Waals surface area contributed by atoms with Crippen molar-refractivity contribution < 1.29 is 32.2 Å². The van der Waals surface area contributed by atoms with E-state index in [0.717, 1.165) is 6.07 Å². The lowest BCUT2D eigenvalue weighted by Gasteiger charge is -2.26. The lowest BCUT2D eigenvalue weighted by Crippen LogP contribution is -2.59. The molecule has 1 fully saturated rings. The van der Waals surface area contributed by atoms with Crippen molar-refractivity contribution in [1.82, 2.24) is 25.6 Å². The van der Waals surface area contributed by atoms with E-state index in [-0.39, 0.29) is 37.6 Å². The third-order valence-corrected chi connectivity index (χ3v) is 5.86. The van der Waals surface area contributed by atoms with Crippen molar-refractivity contribution in [3.63, 3.8) is 0 Å². The summed E-state index contributed by atoms with van der Waals surface area (Å²) in [6, 6.07) is 6.90. The van der Waals surface area contributed by atoms with Crippen LogP contribution in [0.1, 0.15) is 17.7 Å². The number of hydrogen-bond donors (Lipinski definition) is 3. The van der Waals surface area contributed by atoms with Crippen molar-refractivity contribution >= 4 is 39.3 Å². The number of hydrogen-bond acceptors (Lipinski definition) is 8. The molecule has 2 amide bonds. The first kappa shape index (κ1) is 26.3. The Morgan fingerprint density at radius 1 is 1.14 bits per heavy atom. The lowest BCUT2D eigenvalue weighted by atomic mass is 9.97. The highest BCUT2D eigenvalue weighted by atomic mass is 79.9. The predicted octanol–water partition coefficient (Wildman–Crippen LogP) is 3.96. The fourth-order valence-electron chi connectivity index (χ4n) is 3.52. The highest BCUT2D eigenvalue weighted by molar-refractivity contribution is 9.10. The van der Waals surface area contributed by atoms with Crippen LogP contribution in [-0.2, 0) is 22.3 Å². The summed E-state index contributed by atoms with van der Waals surface area (Å²) in [4.78, 5) is 37.0. The number of amides is 2. The number of nitrogens with zero attached hydrogens (tertiary/aromatic N) is 3. The van der Waals surface area contributed by atoms with Gasteiger partial charge in [-0.2, -0.15) is 13.2 Å². The molecule has 10 nitrogen and oxygen atoms in total. The fourth-order valence-corrected chi connectivity index (χ4v) is 3.89. The minimum absolute atomic E-state index is 0.0101. The number of pyridine rings is 1. The quantitative estimate of drug-likeness (QED) is 0.383. The smallest absolute Gasteiger partial charge is 0.407 e. The van der Waals surface area contributed by atoms with Crippen molar-refractivity contribution in [2.24, 2.45) is 0 Å². The first-order chi connectivity index (χ1) is 17.6. The molecule has 1 atom stereocenters. The van der Waals surface area contributed by atoms with Crippen molar-refractivity contribution in [3.05, 3.63) is 71.0 Å². The minimum atomic E-state index is -4.54. The zero-order chi connectivity index (χ0) is 26.5. The Balaban J connectivity index is 1.37. The Labute approximate surface area is 217 Å². The zero-order valence-corrected chi connectivity index (χ0v) is 20.6. The first-order valence-electron chi connectivity index (χ1n) is 10.8. The summed E-state index contributed by atoms with van der Waals surface area (Å²) in [5.74, 6) is -0.391. The van der Waals surface area contributed by atoms with Gasteiger partial charge in [0.25, 0.3) is 0 Å². The number of halogens is 4. The van der Waals surface area contributed by atoms with Gasteiger partial charge in [-0.05, 0) is 30.3 Å². The second-order valence-corrected chi connectivity index (χ2v) is 8.92. The molecule has 1 aliphatic heterocycles. The second kappa shape index (κ2) is 11.1. The number of carbonyl (C=O) groups is 2. The van der Waals surface area contributed by atoms with Crippen LogP contribution in [0, 0.1) is 0 Å². The number of nitrogens with one attached hydrogen (secondary N) is 3. The number of anilines is 2. The predicted molar refractivity (Wildman–Crippen MR) is 128 cm³/mol. The molecular weight excluding hydrogens is 561 g/mol. The van der Waals surface area contributed by atoms with E-state index in [1.165, 1.54) is 37.1 Å². The molecule has 1 aromatic carbocycles. The van der Waals surface area contributed by atoms with Gasteiger partial charge in [-0.3, -0.25) is 9.78 Å². The van der Waals surface area contributed by atoms with Gasteiger partial charge in [0.05, 0.1) is 54.4 Å². The number of alkyl halides is 3. The maximum absolute atomic E-state index is 13.4. The Bertz CT molecular complexity index is 1260. The van der Waals surface area contributed by atoms with Crippen molar-refractivity contribution in [2.75, 3.05) is 18.5 Å². The molecule has 14 heteroatoms.